The summed E-state index contributed by atoms with van der Waals surface area (Å²) >= 11 is 1.54. The molecule has 0 unspecified atom stereocenters. The van der Waals surface area contributed by atoms with Crippen molar-refractivity contribution >= 4 is 23.8 Å². The van der Waals surface area contributed by atoms with E-state index in [1.165, 1.54) is 30.8 Å². The first kappa shape index (κ1) is 30.3. The number of ether oxygens (including phenoxy) is 2. The minimum Gasteiger partial charge on any atom is -0.465 e. The average Bonchev–Trinajstić information content (AvgIpc) is 2.74. The van der Waals surface area contributed by atoms with Crippen LogP contribution < -0.4 is 5.32 Å². The predicted octanol–water partition coefficient (Wildman–Crippen LogP) is 4.14. The van der Waals surface area contributed by atoms with Crippen LogP contribution in [-0.4, -0.2) is 76.6 Å². The molecule has 0 aliphatic carbocycles. The zero-order valence-electron chi connectivity index (χ0n) is 22.3. The third kappa shape index (κ3) is 9.21. The lowest BCUT2D eigenvalue weighted by molar-refractivity contribution is -0.231. The van der Waals surface area contributed by atoms with Crippen molar-refractivity contribution in [1.29, 1.82) is 0 Å². The molecule has 1 fully saturated rings. The number of rotatable bonds is 10. The smallest absolute Gasteiger partial charge is 0.408 e. The van der Waals surface area contributed by atoms with Crippen LogP contribution in [-0.2, 0) is 20.7 Å². The fourth-order valence-electron chi connectivity index (χ4n) is 4.07. The van der Waals surface area contributed by atoms with Crippen LogP contribution in [0.2, 0.25) is 0 Å². The molecule has 0 bridgehead atoms. The van der Waals surface area contributed by atoms with Crippen molar-refractivity contribution in [3.8, 4) is 0 Å². The van der Waals surface area contributed by atoms with Crippen LogP contribution >= 0.6 is 11.8 Å². The largest absolute Gasteiger partial charge is 0.465 e. The van der Waals surface area contributed by atoms with Gasteiger partial charge in [0.15, 0.2) is 6.29 Å². The van der Waals surface area contributed by atoms with Gasteiger partial charge in [-0.2, -0.15) is 0 Å². The van der Waals surface area contributed by atoms with Gasteiger partial charge in [0.1, 0.15) is 5.82 Å². The number of aliphatic hydroxyl groups is 1. The maximum absolute atomic E-state index is 14.4. The molecule has 0 spiro atoms. The number of aliphatic hydroxyl groups excluding tert-OH is 1. The van der Waals surface area contributed by atoms with Crippen LogP contribution in [0.15, 0.2) is 23.1 Å². The normalized spacial score (nSPS) is 22.4. The summed E-state index contributed by atoms with van der Waals surface area (Å²) in [7, 11) is 0. The molecule has 5 atom stereocenters. The topological polar surface area (TPSA) is 108 Å². The molecule has 10 heteroatoms. The fraction of sp³-hybridized carbons (Fsp3) is 0.692. The van der Waals surface area contributed by atoms with Gasteiger partial charge in [0.25, 0.3) is 0 Å². The van der Waals surface area contributed by atoms with Crippen molar-refractivity contribution < 1.29 is 33.7 Å². The summed E-state index contributed by atoms with van der Waals surface area (Å²) in [6.45, 7) is 13.4. The highest BCUT2D eigenvalue weighted by atomic mass is 32.2. The minimum atomic E-state index is -1.30. The monoisotopic (exact) mass is 528 g/mol. The van der Waals surface area contributed by atoms with E-state index in [1.807, 2.05) is 26.8 Å². The summed E-state index contributed by atoms with van der Waals surface area (Å²) in [5, 5.41) is 24.0. The molecule has 8 nitrogen and oxygen atoms in total. The summed E-state index contributed by atoms with van der Waals surface area (Å²) in [5.41, 5.74) is 0.457. The molecule has 2 amide bonds. The molecule has 1 aromatic carbocycles. The second-order valence-corrected chi connectivity index (χ2v) is 12.2. The van der Waals surface area contributed by atoms with E-state index < -0.39 is 42.4 Å². The van der Waals surface area contributed by atoms with E-state index in [0.29, 0.717) is 18.1 Å². The molecule has 0 radical (unpaired) electrons. The Morgan fingerprint density at radius 3 is 2.53 bits per heavy atom. The van der Waals surface area contributed by atoms with Crippen LogP contribution in [0.5, 0.6) is 0 Å². The van der Waals surface area contributed by atoms with E-state index >= 15 is 0 Å². The highest BCUT2D eigenvalue weighted by molar-refractivity contribution is 7.99. The Bertz CT molecular complexity index is 894. The van der Waals surface area contributed by atoms with E-state index in [0.717, 1.165) is 15.5 Å². The molecule has 204 valence electrons. The number of hydrogen-bond acceptors (Lipinski definition) is 6. The lowest BCUT2D eigenvalue weighted by Crippen LogP contribution is -2.65. The van der Waals surface area contributed by atoms with Gasteiger partial charge in [-0.15, -0.1) is 11.8 Å². The number of nitrogens with one attached hydrogen (secondary N) is 1. The Morgan fingerprint density at radius 1 is 1.31 bits per heavy atom. The van der Waals surface area contributed by atoms with Crippen molar-refractivity contribution in [2.75, 3.05) is 19.0 Å². The second-order valence-electron chi connectivity index (χ2n) is 11.1. The number of carboxylic acid groups (broad SMARTS) is 1. The Hall–Kier alpha value is -1.88. The molecule has 1 heterocycles. The van der Waals surface area contributed by atoms with E-state index in [2.05, 4.69) is 19.2 Å². The lowest BCUT2D eigenvalue weighted by Gasteiger charge is -2.46. The van der Waals surface area contributed by atoms with Gasteiger partial charge in [-0.3, -0.25) is 9.69 Å². The standard InChI is InChI=1S/C26H41FN2O6S/c1-15(2)13-36-20-9-18(8-19(27)11-20)10-21(28-17(4)30)23(31)22-12-34-24(35-14-26(5,6)7)16(3)29(22)25(32)33/h8-9,11,15-16,21-24,31H,10,12-14H2,1-7H3,(H,28,30)(H,32,33)/t16-,21-,22+,23-,24-/m0/s1. The fourth-order valence-corrected chi connectivity index (χ4v) is 5.03. The summed E-state index contributed by atoms with van der Waals surface area (Å²) in [4.78, 5) is 26.1. The average molecular weight is 529 g/mol. The van der Waals surface area contributed by atoms with Crippen molar-refractivity contribution in [3.05, 3.63) is 29.6 Å². The van der Waals surface area contributed by atoms with E-state index in [-0.39, 0.29) is 24.3 Å². The molecule has 0 aromatic heterocycles. The Morgan fingerprint density at radius 2 is 1.97 bits per heavy atom. The van der Waals surface area contributed by atoms with E-state index in [1.54, 1.807) is 6.92 Å². The molecule has 1 aliphatic rings. The Labute approximate surface area is 217 Å². The third-order valence-corrected chi connectivity index (χ3v) is 7.09. The van der Waals surface area contributed by atoms with Gasteiger partial charge < -0.3 is 25.0 Å². The zero-order chi connectivity index (χ0) is 27.2. The number of thioether (sulfide) groups is 1. The SMILES string of the molecule is CC(=O)N[C@@H](Cc1cc(F)cc(SCC(C)C)c1)[C@H](O)[C@H]1CO[C@@H](OCC(C)(C)C)[C@H](C)N1C(=O)O. The zero-order valence-corrected chi connectivity index (χ0v) is 23.1. The maximum atomic E-state index is 14.4. The molecule has 0 saturated carbocycles. The number of morpholine rings is 1. The number of hydrogen-bond donors (Lipinski definition) is 3. The maximum Gasteiger partial charge on any atom is 0.408 e. The molecule has 3 N–H and O–H groups in total. The van der Waals surface area contributed by atoms with Gasteiger partial charge in [-0.25, -0.2) is 9.18 Å². The molecule has 36 heavy (non-hydrogen) atoms. The molecular formula is C26H41FN2O6S. The summed E-state index contributed by atoms with van der Waals surface area (Å²) < 4.78 is 26.0. The highest BCUT2D eigenvalue weighted by Gasteiger charge is 2.44. The second kappa shape index (κ2) is 13.1. The van der Waals surface area contributed by atoms with Crippen molar-refractivity contribution in [2.24, 2.45) is 11.3 Å². The van der Waals surface area contributed by atoms with Gasteiger partial charge in [0, 0.05) is 17.6 Å². The first-order valence-electron chi connectivity index (χ1n) is 12.3. The van der Waals surface area contributed by atoms with Crippen LogP contribution in [0.3, 0.4) is 0 Å². The number of carbonyl (C=O) groups is 2. The van der Waals surface area contributed by atoms with Crippen LogP contribution in [0.1, 0.15) is 54.0 Å². The Kier molecular flexibility index (Phi) is 11.0. The van der Waals surface area contributed by atoms with Gasteiger partial charge in [0.05, 0.1) is 37.4 Å². The lowest BCUT2D eigenvalue weighted by atomic mass is 9.94. The minimum absolute atomic E-state index is 0.110. The summed E-state index contributed by atoms with van der Waals surface area (Å²) in [6, 6.07) is 2.16. The quantitative estimate of drug-likeness (QED) is 0.392. The Balaban J connectivity index is 2.25. The predicted molar refractivity (Wildman–Crippen MR) is 138 cm³/mol. The van der Waals surface area contributed by atoms with Crippen molar-refractivity contribution in [1.82, 2.24) is 10.2 Å². The summed E-state index contributed by atoms with van der Waals surface area (Å²) in [6.07, 6.45) is -3.19. The number of halogens is 1. The first-order chi connectivity index (χ1) is 16.7. The first-order valence-corrected chi connectivity index (χ1v) is 13.3. The van der Waals surface area contributed by atoms with Crippen molar-refractivity contribution in [3.63, 3.8) is 0 Å². The van der Waals surface area contributed by atoms with Gasteiger partial charge in [0.2, 0.25) is 5.91 Å². The van der Waals surface area contributed by atoms with Crippen LogP contribution in [0.4, 0.5) is 9.18 Å². The molecule has 2 rings (SSSR count). The molecular weight excluding hydrogens is 487 g/mol. The number of amides is 2. The van der Waals surface area contributed by atoms with E-state index in [9.17, 15) is 24.2 Å². The number of benzene rings is 1. The van der Waals surface area contributed by atoms with Crippen LogP contribution in [0, 0.1) is 17.2 Å². The number of carbonyl (C=O) groups excluding carboxylic acids is 1. The molecule has 1 aliphatic heterocycles. The summed E-state index contributed by atoms with van der Waals surface area (Å²) in [5.74, 6) is 0.463. The third-order valence-electron chi connectivity index (χ3n) is 5.69. The van der Waals surface area contributed by atoms with E-state index in [4.69, 9.17) is 9.47 Å². The van der Waals surface area contributed by atoms with Gasteiger partial charge in [-0.05, 0) is 48.4 Å². The molecule has 1 saturated heterocycles. The van der Waals surface area contributed by atoms with Gasteiger partial charge >= 0.3 is 6.09 Å². The van der Waals surface area contributed by atoms with Crippen molar-refractivity contribution in [2.45, 2.75) is 90.3 Å². The number of nitrogens with zero attached hydrogens (tertiary/aromatic N) is 1. The van der Waals surface area contributed by atoms with Gasteiger partial charge in [-0.1, -0.05) is 34.6 Å². The van der Waals surface area contributed by atoms with Crippen LogP contribution in [0.25, 0.3) is 0 Å². The molecule has 1 aromatic rings. The highest BCUT2D eigenvalue weighted by Crippen LogP contribution is 2.28.